The van der Waals surface area contributed by atoms with Crippen molar-refractivity contribution in [2.45, 2.75) is 19.5 Å². The molecule has 1 atom stereocenters. The van der Waals surface area contributed by atoms with Crippen LogP contribution in [0.2, 0.25) is 0 Å². The topological polar surface area (TPSA) is 82.2 Å². The van der Waals surface area contributed by atoms with E-state index < -0.39 is 0 Å². The Labute approximate surface area is 180 Å². The molecule has 7 heteroatoms. The van der Waals surface area contributed by atoms with Gasteiger partial charge in [-0.2, -0.15) is 0 Å². The zero-order chi connectivity index (χ0) is 21.6. The number of carbonyl (C=O) groups excluding carboxylic acids is 1. The Morgan fingerprint density at radius 2 is 1.90 bits per heavy atom. The van der Waals surface area contributed by atoms with Gasteiger partial charge in [-0.3, -0.25) is 9.59 Å². The quantitative estimate of drug-likeness (QED) is 0.608. The van der Waals surface area contributed by atoms with Gasteiger partial charge in [-0.25, -0.2) is 0 Å². The van der Waals surface area contributed by atoms with Crippen LogP contribution in [-0.4, -0.2) is 26.2 Å². The number of ether oxygens (including phenoxy) is 2. The highest BCUT2D eigenvalue weighted by Crippen LogP contribution is 2.15. The van der Waals surface area contributed by atoms with Gasteiger partial charge in [0.25, 0.3) is 5.91 Å². The van der Waals surface area contributed by atoms with Crippen LogP contribution in [0.5, 0.6) is 11.5 Å². The van der Waals surface area contributed by atoms with E-state index in [1.54, 1.807) is 31.4 Å². The van der Waals surface area contributed by atoms with Crippen LogP contribution in [0.25, 0.3) is 0 Å². The fourth-order valence-electron chi connectivity index (χ4n) is 3.69. The summed E-state index contributed by atoms with van der Waals surface area (Å²) in [7, 11) is 1.57. The Hall–Kier alpha value is -3.58. The molecule has 1 aliphatic rings. The largest absolute Gasteiger partial charge is 0.497 e. The molecule has 1 unspecified atom stereocenters. The molecule has 160 valence electrons. The van der Waals surface area contributed by atoms with Crippen molar-refractivity contribution < 1.29 is 23.6 Å². The summed E-state index contributed by atoms with van der Waals surface area (Å²) in [5, 5.41) is 2.70. The minimum Gasteiger partial charge on any atom is -0.497 e. The van der Waals surface area contributed by atoms with Crippen LogP contribution in [0.1, 0.15) is 16.9 Å². The van der Waals surface area contributed by atoms with E-state index in [9.17, 15) is 9.59 Å². The second-order valence-electron chi connectivity index (χ2n) is 7.51. The lowest BCUT2D eigenvalue weighted by molar-refractivity contribution is -0.930. The molecule has 1 aromatic heterocycles. The number of quaternary nitrogens is 1. The highest BCUT2D eigenvalue weighted by atomic mass is 16.5. The average molecular weight is 421 g/mol. The summed E-state index contributed by atoms with van der Waals surface area (Å²) >= 11 is 0. The van der Waals surface area contributed by atoms with Gasteiger partial charge < -0.3 is 24.1 Å². The molecule has 0 bridgehead atoms. The van der Waals surface area contributed by atoms with Crippen LogP contribution in [0.4, 0.5) is 5.69 Å². The summed E-state index contributed by atoms with van der Waals surface area (Å²) in [4.78, 5) is 25.8. The Balaban J connectivity index is 1.30. The number of anilines is 1. The molecule has 2 heterocycles. The number of amides is 1. The number of hydrogen-bond donors (Lipinski definition) is 2. The Morgan fingerprint density at radius 1 is 1.13 bits per heavy atom. The standard InChI is InChI=1S/C24H24N2O5/c1-29-20-8-6-19(7-9-20)25-24(28)16-31-23-15-30-21(12-22(23)27)14-26-11-10-17-4-2-3-5-18(17)13-26/h2-9,12,15H,10-11,13-14,16H2,1H3,(H,25,28)/p+1. The smallest absolute Gasteiger partial charge is 0.262 e. The lowest BCUT2D eigenvalue weighted by atomic mass is 10.00. The molecular formula is C24H25N2O5+. The Bertz CT molecular complexity index is 1110. The molecule has 0 fully saturated rings. The molecule has 0 radical (unpaired) electrons. The van der Waals surface area contributed by atoms with Crippen molar-refractivity contribution in [3.63, 3.8) is 0 Å². The normalized spacial score (nSPS) is 15.1. The van der Waals surface area contributed by atoms with E-state index in [1.165, 1.54) is 28.4 Å². The molecule has 7 nitrogen and oxygen atoms in total. The van der Waals surface area contributed by atoms with Crippen LogP contribution in [0.15, 0.2) is 70.1 Å². The zero-order valence-electron chi connectivity index (χ0n) is 17.4. The van der Waals surface area contributed by atoms with Crippen LogP contribution in [-0.2, 0) is 24.3 Å². The molecular weight excluding hydrogens is 396 g/mol. The summed E-state index contributed by atoms with van der Waals surface area (Å²) in [5.41, 5.74) is 3.05. The summed E-state index contributed by atoms with van der Waals surface area (Å²) < 4.78 is 16.1. The van der Waals surface area contributed by atoms with E-state index in [-0.39, 0.29) is 23.7 Å². The van der Waals surface area contributed by atoms with Crippen molar-refractivity contribution >= 4 is 11.6 Å². The zero-order valence-corrected chi connectivity index (χ0v) is 17.4. The molecule has 2 N–H and O–H groups in total. The molecule has 4 rings (SSSR count). The maximum atomic E-state index is 12.4. The summed E-state index contributed by atoms with van der Waals surface area (Å²) in [6, 6.07) is 16.8. The van der Waals surface area contributed by atoms with Crippen molar-refractivity contribution in [1.29, 1.82) is 0 Å². The lowest BCUT2D eigenvalue weighted by Gasteiger charge is -2.25. The van der Waals surface area contributed by atoms with Crippen molar-refractivity contribution in [1.82, 2.24) is 0 Å². The summed E-state index contributed by atoms with van der Waals surface area (Å²) in [6.45, 7) is 2.24. The van der Waals surface area contributed by atoms with Crippen molar-refractivity contribution in [3.05, 3.63) is 88.0 Å². The minimum absolute atomic E-state index is 0.0209. The number of methoxy groups -OCH3 is 1. The molecule has 0 spiro atoms. The molecule has 3 aromatic rings. The first-order chi connectivity index (χ1) is 15.1. The fraction of sp³-hybridized carbons (Fsp3) is 0.250. The number of nitrogens with one attached hydrogen (secondary N) is 2. The molecule has 0 aliphatic carbocycles. The molecule has 0 saturated carbocycles. The van der Waals surface area contributed by atoms with Crippen LogP contribution >= 0.6 is 0 Å². The van der Waals surface area contributed by atoms with E-state index in [2.05, 4.69) is 29.6 Å². The summed E-state index contributed by atoms with van der Waals surface area (Å²) in [5.74, 6) is 0.953. The van der Waals surface area contributed by atoms with Crippen molar-refractivity contribution in [2.24, 2.45) is 0 Å². The van der Waals surface area contributed by atoms with Crippen LogP contribution in [0, 0.1) is 0 Å². The SMILES string of the molecule is COc1ccc(NC(=O)COc2coc(C[NH+]3CCc4ccccc4C3)cc2=O)cc1. The predicted molar refractivity (Wildman–Crippen MR) is 115 cm³/mol. The molecule has 1 amide bonds. The third-order valence-corrected chi connectivity index (χ3v) is 5.32. The second-order valence-corrected chi connectivity index (χ2v) is 7.51. The van der Waals surface area contributed by atoms with Crippen LogP contribution < -0.4 is 25.1 Å². The third kappa shape index (κ3) is 5.32. The molecule has 31 heavy (non-hydrogen) atoms. The first-order valence-corrected chi connectivity index (χ1v) is 10.2. The lowest BCUT2D eigenvalue weighted by Crippen LogP contribution is -3.10. The van der Waals surface area contributed by atoms with E-state index in [4.69, 9.17) is 13.9 Å². The van der Waals surface area contributed by atoms with Gasteiger partial charge >= 0.3 is 0 Å². The number of rotatable bonds is 7. The van der Waals surface area contributed by atoms with Gasteiger partial charge in [-0.05, 0) is 29.8 Å². The van der Waals surface area contributed by atoms with E-state index in [1.807, 2.05) is 0 Å². The number of fused-ring (bicyclic) bond motifs is 1. The second kappa shape index (κ2) is 9.49. The Morgan fingerprint density at radius 3 is 2.65 bits per heavy atom. The maximum Gasteiger partial charge on any atom is 0.262 e. The van der Waals surface area contributed by atoms with E-state index >= 15 is 0 Å². The number of benzene rings is 2. The van der Waals surface area contributed by atoms with Crippen molar-refractivity contribution in [3.8, 4) is 11.5 Å². The first kappa shape index (κ1) is 20.7. The maximum absolute atomic E-state index is 12.4. The number of hydrogen-bond acceptors (Lipinski definition) is 5. The van der Waals surface area contributed by atoms with E-state index in [0.29, 0.717) is 23.7 Å². The predicted octanol–water partition coefficient (Wildman–Crippen LogP) is 1.81. The van der Waals surface area contributed by atoms with E-state index in [0.717, 1.165) is 19.5 Å². The highest BCUT2D eigenvalue weighted by molar-refractivity contribution is 5.91. The minimum atomic E-state index is -0.370. The third-order valence-electron chi connectivity index (χ3n) is 5.32. The first-order valence-electron chi connectivity index (χ1n) is 10.2. The molecule has 1 aliphatic heterocycles. The van der Waals surface area contributed by atoms with Crippen LogP contribution in [0.3, 0.4) is 0 Å². The van der Waals surface area contributed by atoms with Gasteiger partial charge in [0, 0.05) is 23.7 Å². The monoisotopic (exact) mass is 421 g/mol. The van der Waals surface area contributed by atoms with Crippen molar-refractivity contribution in [2.75, 3.05) is 25.6 Å². The average Bonchev–Trinajstić information content (AvgIpc) is 2.79. The van der Waals surface area contributed by atoms with Gasteiger partial charge in [0.2, 0.25) is 11.2 Å². The van der Waals surface area contributed by atoms with Gasteiger partial charge in [0.1, 0.15) is 25.1 Å². The highest BCUT2D eigenvalue weighted by Gasteiger charge is 2.20. The molecule has 0 saturated heterocycles. The summed E-state index contributed by atoms with van der Waals surface area (Å²) in [6.07, 6.45) is 2.30. The van der Waals surface area contributed by atoms with Gasteiger partial charge in [0.05, 0.1) is 13.7 Å². The Kier molecular flexibility index (Phi) is 6.33. The van der Waals surface area contributed by atoms with Gasteiger partial charge in [0.15, 0.2) is 12.4 Å². The van der Waals surface area contributed by atoms with Gasteiger partial charge in [-0.15, -0.1) is 0 Å². The van der Waals surface area contributed by atoms with Gasteiger partial charge in [-0.1, -0.05) is 24.3 Å². The molecule has 2 aromatic carbocycles. The number of carbonyl (C=O) groups is 1. The fourth-order valence-corrected chi connectivity index (χ4v) is 3.69.